The molecular weight excluding hydrogens is 204 g/mol. The average Bonchev–Trinajstić information content (AvgIpc) is 1.99. The normalized spacial score (nSPS) is 12.2. The van der Waals surface area contributed by atoms with Crippen molar-refractivity contribution >= 4 is 11.6 Å². The summed E-state index contributed by atoms with van der Waals surface area (Å²) in [4.78, 5) is 0. The molecule has 0 amide bonds. The third-order valence-electron chi connectivity index (χ3n) is 2.49. The second-order valence-corrected chi connectivity index (χ2v) is 6.07. The summed E-state index contributed by atoms with van der Waals surface area (Å²) in [5, 5.41) is 0.903. The molecule has 1 rings (SSSR count). The van der Waals surface area contributed by atoms with E-state index in [0.717, 1.165) is 11.4 Å². The van der Waals surface area contributed by atoms with Gasteiger partial charge in [-0.05, 0) is 34.9 Å². The molecule has 0 aliphatic carbocycles. The van der Waals surface area contributed by atoms with E-state index in [0.29, 0.717) is 5.92 Å². The van der Waals surface area contributed by atoms with Crippen LogP contribution in [0.2, 0.25) is 5.02 Å². The van der Waals surface area contributed by atoms with Crippen molar-refractivity contribution in [3.8, 4) is 0 Å². The molecule has 0 atom stereocenters. The molecule has 0 fully saturated rings. The molecule has 1 aromatic carbocycles. The fraction of sp³-hybridized carbons (Fsp3) is 0.571. The van der Waals surface area contributed by atoms with Crippen LogP contribution in [0.5, 0.6) is 0 Å². The van der Waals surface area contributed by atoms with Crippen LogP contribution in [-0.4, -0.2) is 0 Å². The maximum Gasteiger partial charge on any atom is 0.0446 e. The molecule has 0 bridgehead atoms. The maximum atomic E-state index is 6.30. The molecule has 0 unspecified atom stereocenters. The van der Waals surface area contributed by atoms with Gasteiger partial charge in [0.2, 0.25) is 0 Å². The highest BCUT2D eigenvalue weighted by Crippen LogP contribution is 2.30. The van der Waals surface area contributed by atoms with Crippen molar-refractivity contribution in [2.24, 2.45) is 5.92 Å². The van der Waals surface area contributed by atoms with E-state index in [9.17, 15) is 0 Å². The highest BCUT2D eigenvalue weighted by atomic mass is 35.5. The number of benzene rings is 1. The van der Waals surface area contributed by atoms with Crippen molar-refractivity contribution in [2.75, 3.05) is 0 Å². The highest BCUT2D eigenvalue weighted by molar-refractivity contribution is 6.31. The van der Waals surface area contributed by atoms with Crippen molar-refractivity contribution in [2.45, 2.75) is 46.5 Å². The monoisotopic (exact) mass is 224 g/mol. The van der Waals surface area contributed by atoms with Gasteiger partial charge in [0.05, 0.1) is 0 Å². The molecule has 0 radical (unpaired) electrons. The molecule has 0 spiro atoms. The summed E-state index contributed by atoms with van der Waals surface area (Å²) in [6.45, 7) is 11.0. The number of hydrogen-bond donors (Lipinski definition) is 0. The molecule has 0 heterocycles. The second kappa shape index (κ2) is 4.57. The zero-order valence-electron chi connectivity index (χ0n) is 10.4. The Kier molecular flexibility index (Phi) is 3.83. The van der Waals surface area contributed by atoms with Crippen molar-refractivity contribution in [1.82, 2.24) is 0 Å². The average molecular weight is 225 g/mol. The first kappa shape index (κ1) is 12.6. The summed E-state index contributed by atoms with van der Waals surface area (Å²) in [6, 6.07) is 6.48. The minimum Gasteiger partial charge on any atom is -0.0840 e. The molecule has 0 aromatic heterocycles. The lowest BCUT2D eigenvalue weighted by molar-refractivity contribution is 0.589. The van der Waals surface area contributed by atoms with Gasteiger partial charge in [-0.3, -0.25) is 0 Å². The lowest BCUT2D eigenvalue weighted by Gasteiger charge is -2.21. The Balaban J connectivity index is 2.99. The van der Waals surface area contributed by atoms with E-state index in [1.165, 1.54) is 11.1 Å². The van der Waals surface area contributed by atoms with Gasteiger partial charge in [0.15, 0.2) is 0 Å². The Labute approximate surface area is 98.7 Å². The fourth-order valence-corrected chi connectivity index (χ4v) is 2.25. The molecule has 1 aromatic rings. The lowest BCUT2D eigenvalue weighted by atomic mass is 9.86. The third-order valence-corrected chi connectivity index (χ3v) is 2.80. The van der Waals surface area contributed by atoms with Gasteiger partial charge in [0.1, 0.15) is 0 Å². The van der Waals surface area contributed by atoms with Gasteiger partial charge in [-0.15, -0.1) is 0 Å². The molecule has 0 N–H and O–H groups in total. The maximum absolute atomic E-state index is 6.30. The Morgan fingerprint density at radius 2 is 1.80 bits per heavy atom. The van der Waals surface area contributed by atoms with Crippen LogP contribution < -0.4 is 0 Å². The van der Waals surface area contributed by atoms with Crippen LogP contribution in [-0.2, 0) is 11.8 Å². The van der Waals surface area contributed by atoms with Crippen LogP contribution in [0.3, 0.4) is 0 Å². The fourth-order valence-electron chi connectivity index (χ4n) is 1.77. The van der Waals surface area contributed by atoms with Crippen molar-refractivity contribution < 1.29 is 0 Å². The molecule has 0 nitrogen and oxygen atoms in total. The van der Waals surface area contributed by atoms with Gasteiger partial charge in [0, 0.05) is 5.02 Å². The summed E-state index contributed by atoms with van der Waals surface area (Å²) >= 11 is 6.30. The predicted octanol–water partition coefficient (Wildman–Crippen LogP) is 4.84. The SMILES string of the molecule is CC(C)Cc1ccc(C(C)(C)C)c(Cl)c1. The Morgan fingerprint density at radius 1 is 1.20 bits per heavy atom. The first-order chi connectivity index (χ1) is 6.80. The van der Waals surface area contributed by atoms with E-state index in [4.69, 9.17) is 11.6 Å². The quantitative estimate of drug-likeness (QED) is 0.675. The number of hydrogen-bond acceptors (Lipinski definition) is 0. The molecule has 15 heavy (non-hydrogen) atoms. The summed E-state index contributed by atoms with van der Waals surface area (Å²) in [5.41, 5.74) is 2.70. The highest BCUT2D eigenvalue weighted by Gasteiger charge is 2.17. The van der Waals surface area contributed by atoms with Gasteiger partial charge < -0.3 is 0 Å². The van der Waals surface area contributed by atoms with Crippen LogP contribution in [0.4, 0.5) is 0 Å². The van der Waals surface area contributed by atoms with Crippen molar-refractivity contribution in [1.29, 1.82) is 0 Å². The number of rotatable bonds is 2. The Morgan fingerprint density at radius 3 is 2.20 bits per heavy atom. The lowest BCUT2D eigenvalue weighted by Crippen LogP contribution is -2.12. The van der Waals surface area contributed by atoms with E-state index in [-0.39, 0.29) is 5.41 Å². The minimum atomic E-state index is 0.132. The van der Waals surface area contributed by atoms with E-state index in [1.807, 2.05) is 0 Å². The minimum absolute atomic E-state index is 0.132. The summed E-state index contributed by atoms with van der Waals surface area (Å²) in [6.07, 6.45) is 1.10. The van der Waals surface area contributed by atoms with E-state index < -0.39 is 0 Å². The summed E-state index contributed by atoms with van der Waals surface area (Å²) in [5.74, 6) is 0.682. The smallest absolute Gasteiger partial charge is 0.0446 e. The van der Waals surface area contributed by atoms with E-state index in [1.54, 1.807) is 0 Å². The van der Waals surface area contributed by atoms with E-state index >= 15 is 0 Å². The van der Waals surface area contributed by atoms with Crippen molar-refractivity contribution in [3.63, 3.8) is 0 Å². The molecular formula is C14H21Cl. The zero-order chi connectivity index (χ0) is 11.6. The van der Waals surface area contributed by atoms with Crippen LogP contribution in [0, 0.1) is 5.92 Å². The first-order valence-electron chi connectivity index (χ1n) is 5.59. The Hall–Kier alpha value is -0.490. The van der Waals surface area contributed by atoms with Crippen molar-refractivity contribution in [3.05, 3.63) is 34.3 Å². The van der Waals surface area contributed by atoms with Crippen LogP contribution in [0.15, 0.2) is 18.2 Å². The summed E-state index contributed by atoms with van der Waals surface area (Å²) < 4.78 is 0. The summed E-state index contributed by atoms with van der Waals surface area (Å²) in [7, 11) is 0. The van der Waals surface area contributed by atoms with E-state index in [2.05, 4.69) is 52.8 Å². The van der Waals surface area contributed by atoms with Gasteiger partial charge in [0.25, 0.3) is 0 Å². The first-order valence-corrected chi connectivity index (χ1v) is 5.97. The molecule has 0 aliphatic heterocycles. The van der Waals surface area contributed by atoms with Gasteiger partial charge in [-0.2, -0.15) is 0 Å². The molecule has 0 saturated heterocycles. The van der Waals surface area contributed by atoms with Gasteiger partial charge in [-0.1, -0.05) is 58.4 Å². The van der Waals surface area contributed by atoms with Crippen LogP contribution >= 0.6 is 11.6 Å². The van der Waals surface area contributed by atoms with Crippen LogP contribution in [0.25, 0.3) is 0 Å². The molecule has 1 heteroatoms. The van der Waals surface area contributed by atoms with Gasteiger partial charge >= 0.3 is 0 Å². The largest absolute Gasteiger partial charge is 0.0840 e. The third kappa shape index (κ3) is 3.53. The predicted molar refractivity (Wildman–Crippen MR) is 68.7 cm³/mol. The standard InChI is InChI=1S/C14H21Cl/c1-10(2)8-11-6-7-12(13(15)9-11)14(3,4)5/h6-7,9-10H,8H2,1-5H3. The van der Waals surface area contributed by atoms with Gasteiger partial charge in [-0.25, -0.2) is 0 Å². The molecule has 0 aliphatic rings. The topological polar surface area (TPSA) is 0 Å². The second-order valence-electron chi connectivity index (χ2n) is 5.66. The zero-order valence-corrected chi connectivity index (χ0v) is 11.2. The number of halogens is 1. The Bertz CT molecular complexity index is 332. The van der Waals surface area contributed by atoms with Crippen LogP contribution in [0.1, 0.15) is 45.7 Å². The molecule has 84 valence electrons. The molecule has 0 saturated carbocycles.